The summed E-state index contributed by atoms with van der Waals surface area (Å²) in [5, 5.41) is 20.0. The van der Waals surface area contributed by atoms with E-state index in [4.69, 9.17) is 4.74 Å². The number of rotatable bonds is 10. The van der Waals surface area contributed by atoms with Crippen molar-refractivity contribution in [3.05, 3.63) is 60.2 Å². The van der Waals surface area contributed by atoms with Crippen molar-refractivity contribution in [1.29, 1.82) is 0 Å². The zero-order valence-electron chi connectivity index (χ0n) is 14.6. The number of aliphatic hydroxyl groups is 2. The van der Waals surface area contributed by atoms with E-state index < -0.39 is 12.2 Å². The highest BCUT2D eigenvalue weighted by molar-refractivity contribution is 5.82. The average Bonchev–Trinajstić information content (AvgIpc) is 2.60. The van der Waals surface area contributed by atoms with Gasteiger partial charge < -0.3 is 14.9 Å². The Balaban J connectivity index is 1.56. The normalized spacial score (nSPS) is 19.8. The van der Waals surface area contributed by atoms with Gasteiger partial charge in [0.05, 0.1) is 12.2 Å². The molecule has 1 aromatic carbocycles. The summed E-state index contributed by atoms with van der Waals surface area (Å²) in [4.78, 5) is 11.1. The summed E-state index contributed by atoms with van der Waals surface area (Å²) in [5.74, 6) is -0.327. The maximum Gasteiger partial charge on any atom is 0.331 e. The van der Waals surface area contributed by atoms with Crippen LogP contribution in [0.2, 0.25) is 0 Å². The van der Waals surface area contributed by atoms with Gasteiger partial charge in [-0.2, -0.15) is 0 Å². The Hall–Kier alpha value is -1.91. The number of ether oxygens (including phenoxy) is 1. The van der Waals surface area contributed by atoms with E-state index in [1.54, 1.807) is 12.2 Å². The van der Waals surface area contributed by atoms with E-state index in [9.17, 15) is 15.0 Å². The Morgan fingerprint density at radius 3 is 2.72 bits per heavy atom. The van der Waals surface area contributed by atoms with Gasteiger partial charge in [0, 0.05) is 12.5 Å². The molecule has 0 amide bonds. The van der Waals surface area contributed by atoms with Crippen molar-refractivity contribution >= 4 is 5.97 Å². The van der Waals surface area contributed by atoms with Crippen molar-refractivity contribution in [2.24, 2.45) is 0 Å². The van der Waals surface area contributed by atoms with Gasteiger partial charge in [-0.05, 0) is 43.7 Å². The quantitative estimate of drug-likeness (QED) is 0.388. The van der Waals surface area contributed by atoms with Crippen molar-refractivity contribution < 1.29 is 19.7 Å². The molecule has 4 nitrogen and oxygen atoms in total. The van der Waals surface area contributed by atoms with Crippen molar-refractivity contribution in [1.82, 2.24) is 0 Å². The fourth-order valence-electron chi connectivity index (χ4n) is 2.92. The highest BCUT2D eigenvalue weighted by atomic mass is 16.5. The predicted molar refractivity (Wildman–Crippen MR) is 98.0 cm³/mol. The van der Waals surface area contributed by atoms with Crippen molar-refractivity contribution in [3.8, 4) is 0 Å². The lowest BCUT2D eigenvalue weighted by atomic mass is 10.0. The Morgan fingerprint density at radius 2 is 1.96 bits per heavy atom. The van der Waals surface area contributed by atoms with Crippen molar-refractivity contribution in [2.45, 2.75) is 63.3 Å². The van der Waals surface area contributed by atoms with Crippen LogP contribution in [0.3, 0.4) is 0 Å². The first-order chi connectivity index (χ1) is 12.1. The molecule has 0 bridgehead atoms. The first kappa shape index (κ1) is 19.4. The molecule has 4 heteroatoms. The summed E-state index contributed by atoms with van der Waals surface area (Å²) in [6, 6.07) is 10.3. The van der Waals surface area contributed by atoms with Gasteiger partial charge in [0.1, 0.15) is 6.10 Å². The second-order valence-electron chi connectivity index (χ2n) is 6.55. The number of hydrogen-bond acceptors (Lipinski definition) is 4. The maximum atomic E-state index is 11.1. The number of cyclic esters (lactones) is 1. The molecular formula is C21H28O4. The van der Waals surface area contributed by atoms with E-state index in [0.717, 1.165) is 19.3 Å². The Bertz CT molecular complexity index is 565. The van der Waals surface area contributed by atoms with Gasteiger partial charge >= 0.3 is 5.97 Å². The summed E-state index contributed by atoms with van der Waals surface area (Å²) >= 11 is 0. The van der Waals surface area contributed by atoms with Gasteiger partial charge in [0.2, 0.25) is 0 Å². The van der Waals surface area contributed by atoms with Crippen LogP contribution in [0.15, 0.2) is 54.6 Å². The van der Waals surface area contributed by atoms with Crippen LogP contribution in [0.1, 0.15) is 44.1 Å². The van der Waals surface area contributed by atoms with E-state index in [-0.39, 0.29) is 12.1 Å². The molecule has 0 spiro atoms. The van der Waals surface area contributed by atoms with Crippen molar-refractivity contribution in [2.75, 3.05) is 0 Å². The molecule has 3 unspecified atom stereocenters. The Kier molecular flexibility index (Phi) is 8.43. The fourth-order valence-corrected chi connectivity index (χ4v) is 2.92. The summed E-state index contributed by atoms with van der Waals surface area (Å²) < 4.78 is 5.11. The number of esters is 1. The molecule has 1 aliphatic heterocycles. The fraction of sp³-hybridized carbons (Fsp3) is 0.476. The lowest BCUT2D eigenvalue weighted by Gasteiger charge is -2.16. The number of carbonyl (C=O) groups is 1. The third kappa shape index (κ3) is 8.14. The molecule has 136 valence electrons. The standard InChI is InChI=1S/C21H28O4/c22-18(11-5-4-10-17-8-2-1-3-9-17)16-19(23)12-6-13-20-14-7-15-21(24)25-20/h1-3,6-9,13,15,18-20,22-23H,4-5,10-12,14,16H2/b13-6+. The molecule has 1 heterocycles. The lowest BCUT2D eigenvalue weighted by Crippen LogP contribution is -2.19. The topological polar surface area (TPSA) is 66.8 Å². The van der Waals surface area contributed by atoms with E-state index in [2.05, 4.69) is 12.1 Å². The lowest BCUT2D eigenvalue weighted by molar-refractivity contribution is -0.141. The zero-order valence-corrected chi connectivity index (χ0v) is 14.6. The summed E-state index contributed by atoms with van der Waals surface area (Å²) in [5.41, 5.74) is 1.32. The third-order valence-electron chi connectivity index (χ3n) is 4.29. The SMILES string of the molecule is O=C1C=CCC(/C=C/CC(O)CC(O)CCCCc2ccccc2)O1. The number of hydrogen-bond donors (Lipinski definition) is 2. The molecule has 0 fully saturated rings. The minimum atomic E-state index is -0.574. The molecule has 2 N–H and O–H groups in total. The first-order valence-electron chi connectivity index (χ1n) is 9.07. The van der Waals surface area contributed by atoms with E-state index >= 15 is 0 Å². The predicted octanol–water partition coefficient (Wildman–Crippen LogP) is 3.33. The molecule has 0 aromatic heterocycles. The minimum Gasteiger partial charge on any atom is -0.455 e. The molecule has 1 aliphatic rings. The van der Waals surface area contributed by atoms with Crippen LogP contribution in [0.5, 0.6) is 0 Å². The van der Waals surface area contributed by atoms with Crippen LogP contribution in [-0.4, -0.2) is 34.5 Å². The third-order valence-corrected chi connectivity index (χ3v) is 4.29. The maximum absolute atomic E-state index is 11.1. The Morgan fingerprint density at radius 1 is 1.16 bits per heavy atom. The van der Waals surface area contributed by atoms with Crippen LogP contribution >= 0.6 is 0 Å². The second-order valence-corrected chi connectivity index (χ2v) is 6.55. The molecule has 2 rings (SSSR count). The number of aryl methyl sites for hydroxylation is 1. The van der Waals surface area contributed by atoms with Crippen molar-refractivity contribution in [3.63, 3.8) is 0 Å². The molecule has 1 aromatic rings. The summed E-state index contributed by atoms with van der Waals surface area (Å²) in [7, 11) is 0. The number of aliphatic hydroxyl groups excluding tert-OH is 2. The van der Waals surface area contributed by atoms with Crippen LogP contribution in [-0.2, 0) is 16.0 Å². The molecule has 0 aliphatic carbocycles. The molecule has 0 saturated carbocycles. The van der Waals surface area contributed by atoms with Gasteiger partial charge in [-0.15, -0.1) is 0 Å². The Labute approximate surface area is 149 Å². The zero-order chi connectivity index (χ0) is 17.9. The van der Waals surface area contributed by atoms with Gasteiger partial charge in [-0.25, -0.2) is 4.79 Å². The number of carbonyl (C=O) groups excluding carboxylic acids is 1. The second kappa shape index (κ2) is 10.9. The number of unbranched alkanes of at least 4 members (excludes halogenated alkanes) is 1. The minimum absolute atomic E-state index is 0.243. The molecule has 25 heavy (non-hydrogen) atoms. The van der Waals surface area contributed by atoms with Crippen LogP contribution < -0.4 is 0 Å². The highest BCUT2D eigenvalue weighted by Crippen LogP contribution is 2.13. The largest absolute Gasteiger partial charge is 0.455 e. The summed E-state index contributed by atoms with van der Waals surface area (Å²) in [6.45, 7) is 0. The van der Waals surface area contributed by atoms with Gasteiger partial charge in [0.25, 0.3) is 0 Å². The van der Waals surface area contributed by atoms with Crippen LogP contribution in [0.4, 0.5) is 0 Å². The molecule has 0 saturated heterocycles. The van der Waals surface area contributed by atoms with E-state index in [1.165, 1.54) is 11.6 Å². The van der Waals surface area contributed by atoms with E-state index in [0.29, 0.717) is 25.7 Å². The molecular weight excluding hydrogens is 316 g/mol. The van der Waals surface area contributed by atoms with Gasteiger partial charge in [-0.1, -0.05) is 48.9 Å². The first-order valence-corrected chi connectivity index (χ1v) is 9.07. The van der Waals surface area contributed by atoms with Gasteiger partial charge in [-0.3, -0.25) is 0 Å². The highest BCUT2D eigenvalue weighted by Gasteiger charge is 2.14. The molecule has 3 atom stereocenters. The number of benzene rings is 1. The van der Waals surface area contributed by atoms with E-state index in [1.807, 2.05) is 24.3 Å². The van der Waals surface area contributed by atoms with Crippen LogP contribution in [0, 0.1) is 0 Å². The monoisotopic (exact) mass is 344 g/mol. The summed E-state index contributed by atoms with van der Waals surface area (Å²) in [6.07, 6.45) is 10.8. The smallest absolute Gasteiger partial charge is 0.331 e. The van der Waals surface area contributed by atoms with Crippen LogP contribution in [0.25, 0.3) is 0 Å². The average molecular weight is 344 g/mol. The molecule has 0 radical (unpaired) electrons. The van der Waals surface area contributed by atoms with Gasteiger partial charge in [0.15, 0.2) is 0 Å².